The molecule has 0 spiro atoms. The lowest BCUT2D eigenvalue weighted by Crippen LogP contribution is -2.03. The number of fused-ring (bicyclic) bond motifs is 6. The number of furan rings is 1. The highest BCUT2D eigenvalue weighted by atomic mass is 16.3. The van der Waals surface area contributed by atoms with Gasteiger partial charge in [-0.2, -0.15) is 0 Å². The fraction of sp³-hybridized carbons (Fsp3) is 0. The molecule has 10 rings (SSSR count). The number of para-hydroxylation sites is 2. The summed E-state index contributed by atoms with van der Waals surface area (Å²) in [5.41, 5.74) is 12.0. The first-order chi connectivity index (χ1) is 27.7. The van der Waals surface area contributed by atoms with E-state index in [2.05, 4.69) is 133 Å². The second-order valence-corrected chi connectivity index (χ2v) is 13.7. The SMILES string of the molecule is C=C/C=C(\C=C)c1nc(-c2ccccc2)nc(-c2ccccc2-c2cccc3oc4ccc(-c5ccc6c(c5)c5ccccc5n6-c5ccccc5)cc4c23)n1. The van der Waals surface area contributed by atoms with Gasteiger partial charge in [-0.25, -0.2) is 15.0 Å². The summed E-state index contributed by atoms with van der Waals surface area (Å²) in [5.74, 6) is 1.67. The normalized spacial score (nSPS) is 11.8. The molecular formula is C51H34N4O. The van der Waals surface area contributed by atoms with Gasteiger partial charge in [0.1, 0.15) is 11.2 Å². The summed E-state index contributed by atoms with van der Waals surface area (Å²) in [4.78, 5) is 14.9. The molecule has 0 fully saturated rings. The van der Waals surface area contributed by atoms with Crippen LogP contribution in [0.15, 0.2) is 200 Å². The molecule has 3 aromatic heterocycles. The van der Waals surface area contributed by atoms with E-state index in [-0.39, 0.29) is 0 Å². The van der Waals surface area contributed by atoms with Crippen LogP contribution in [0, 0.1) is 0 Å². The van der Waals surface area contributed by atoms with Crippen molar-refractivity contribution in [3.05, 3.63) is 201 Å². The highest BCUT2D eigenvalue weighted by Crippen LogP contribution is 2.42. The van der Waals surface area contributed by atoms with E-state index < -0.39 is 0 Å². The maximum atomic E-state index is 6.53. The van der Waals surface area contributed by atoms with Gasteiger partial charge in [-0.15, -0.1) is 0 Å². The quantitative estimate of drug-likeness (QED) is 0.147. The molecule has 0 aliphatic heterocycles. The zero-order valence-electron chi connectivity index (χ0n) is 30.4. The van der Waals surface area contributed by atoms with Crippen LogP contribution in [-0.2, 0) is 0 Å². The van der Waals surface area contributed by atoms with E-state index in [9.17, 15) is 0 Å². The summed E-state index contributed by atoms with van der Waals surface area (Å²) < 4.78 is 8.87. The van der Waals surface area contributed by atoms with Crippen LogP contribution < -0.4 is 0 Å². The van der Waals surface area contributed by atoms with E-state index in [1.54, 1.807) is 12.2 Å². The molecule has 0 saturated heterocycles. The predicted molar refractivity (Wildman–Crippen MR) is 232 cm³/mol. The molecule has 0 aliphatic rings. The van der Waals surface area contributed by atoms with E-state index in [1.165, 1.54) is 21.8 Å². The molecule has 0 atom stereocenters. The van der Waals surface area contributed by atoms with Gasteiger partial charge >= 0.3 is 0 Å². The lowest BCUT2D eigenvalue weighted by Gasteiger charge is -2.13. The lowest BCUT2D eigenvalue weighted by atomic mass is 9.94. The van der Waals surface area contributed by atoms with Crippen molar-refractivity contribution < 1.29 is 4.42 Å². The number of benzene rings is 7. The minimum Gasteiger partial charge on any atom is -0.456 e. The zero-order chi connectivity index (χ0) is 37.6. The van der Waals surface area contributed by atoms with Crippen molar-refractivity contribution in [3.63, 3.8) is 0 Å². The Morgan fingerprint density at radius 3 is 1.96 bits per heavy atom. The Morgan fingerprint density at radius 2 is 1.16 bits per heavy atom. The third-order valence-electron chi connectivity index (χ3n) is 10.4. The van der Waals surface area contributed by atoms with Crippen molar-refractivity contribution >= 4 is 49.3 Å². The summed E-state index contributed by atoms with van der Waals surface area (Å²) >= 11 is 0. The Morgan fingerprint density at radius 1 is 0.500 bits per heavy atom. The first-order valence-corrected chi connectivity index (χ1v) is 18.6. The molecule has 0 N–H and O–H groups in total. The molecule has 0 aliphatic carbocycles. The zero-order valence-corrected chi connectivity index (χ0v) is 30.4. The second kappa shape index (κ2) is 13.7. The van der Waals surface area contributed by atoms with Crippen molar-refractivity contribution in [2.75, 3.05) is 0 Å². The van der Waals surface area contributed by atoms with Gasteiger partial charge in [-0.1, -0.05) is 147 Å². The molecule has 0 radical (unpaired) electrons. The Bertz CT molecular complexity index is 3170. The van der Waals surface area contributed by atoms with Crippen LogP contribution in [0.2, 0.25) is 0 Å². The van der Waals surface area contributed by atoms with Gasteiger partial charge in [0, 0.05) is 43.9 Å². The number of nitrogens with zero attached hydrogens (tertiary/aromatic N) is 4. The summed E-state index contributed by atoms with van der Waals surface area (Å²) in [5, 5.41) is 4.51. The van der Waals surface area contributed by atoms with Crippen LogP contribution in [0.1, 0.15) is 5.82 Å². The largest absolute Gasteiger partial charge is 0.456 e. The van der Waals surface area contributed by atoms with E-state index in [1.807, 2.05) is 54.6 Å². The van der Waals surface area contributed by atoms with Gasteiger partial charge in [-0.05, 0) is 70.8 Å². The predicted octanol–water partition coefficient (Wildman–Crippen LogP) is 13.3. The molecule has 7 aromatic carbocycles. The van der Waals surface area contributed by atoms with Crippen LogP contribution in [-0.4, -0.2) is 19.5 Å². The third kappa shape index (κ3) is 5.53. The molecule has 264 valence electrons. The van der Waals surface area contributed by atoms with Crippen molar-refractivity contribution in [1.82, 2.24) is 19.5 Å². The van der Waals surface area contributed by atoms with Crippen molar-refractivity contribution in [3.8, 4) is 50.7 Å². The summed E-state index contributed by atoms with van der Waals surface area (Å²) in [6.07, 6.45) is 5.33. The molecule has 0 amide bonds. The molecule has 56 heavy (non-hydrogen) atoms. The molecule has 10 aromatic rings. The lowest BCUT2D eigenvalue weighted by molar-refractivity contribution is 0.669. The van der Waals surface area contributed by atoms with Gasteiger partial charge in [0.25, 0.3) is 0 Å². The molecule has 0 saturated carbocycles. The molecule has 0 bridgehead atoms. The fourth-order valence-corrected chi connectivity index (χ4v) is 7.85. The minimum atomic E-state index is 0.527. The maximum Gasteiger partial charge on any atom is 0.164 e. The van der Waals surface area contributed by atoms with Gasteiger partial charge in [0.2, 0.25) is 0 Å². The average molecular weight is 719 g/mol. The van der Waals surface area contributed by atoms with Crippen molar-refractivity contribution in [1.29, 1.82) is 0 Å². The number of allylic oxidation sites excluding steroid dienone is 4. The molecular weight excluding hydrogens is 685 g/mol. The first kappa shape index (κ1) is 33.0. The van der Waals surface area contributed by atoms with Gasteiger partial charge in [-0.3, -0.25) is 0 Å². The fourth-order valence-electron chi connectivity index (χ4n) is 7.85. The topological polar surface area (TPSA) is 56.7 Å². The van der Waals surface area contributed by atoms with E-state index >= 15 is 0 Å². The van der Waals surface area contributed by atoms with E-state index in [4.69, 9.17) is 19.4 Å². The van der Waals surface area contributed by atoms with Crippen molar-refractivity contribution in [2.24, 2.45) is 0 Å². The van der Waals surface area contributed by atoms with Crippen LogP contribution in [0.5, 0.6) is 0 Å². The standard InChI is InChI=1S/C51H34N4O/c1-3-16-33(4-2)49-52-50(34-17-7-5-8-18-34)54-51(53-49)41-23-12-11-21-38(41)40-24-15-26-47-48(40)43-32-36(28-30-46(43)56-47)35-27-29-45-42(31-35)39-22-13-14-25-44(39)55(45)37-19-9-6-10-20-37/h3-32H,1-2H2/b33-16+. The van der Waals surface area contributed by atoms with Gasteiger partial charge < -0.3 is 8.98 Å². The average Bonchev–Trinajstić information content (AvgIpc) is 3.81. The highest BCUT2D eigenvalue weighted by molar-refractivity contribution is 6.15. The van der Waals surface area contributed by atoms with Gasteiger partial charge in [0.15, 0.2) is 17.5 Å². The molecule has 0 unspecified atom stereocenters. The van der Waals surface area contributed by atoms with Crippen LogP contribution >= 0.6 is 0 Å². The van der Waals surface area contributed by atoms with Crippen LogP contribution in [0.3, 0.4) is 0 Å². The number of hydrogen-bond acceptors (Lipinski definition) is 4. The highest BCUT2D eigenvalue weighted by Gasteiger charge is 2.20. The smallest absolute Gasteiger partial charge is 0.164 e. The minimum absolute atomic E-state index is 0.527. The number of rotatable bonds is 8. The summed E-state index contributed by atoms with van der Waals surface area (Å²) in [6.45, 7) is 7.92. The number of aromatic nitrogens is 4. The number of hydrogen-bond donors (Lipinski definition) is 0. The molecule has 5 heteroatoms. The summed E-state index contributed by atoms with van der Waals surface area (Å²) in [7, 11) is 0. The first-order valence-electron chi connectivity index (χ1n) is 18.6. The van der Waals surface area contributed by atoms with E-state index in [0.717, 1.165) is 66.6 Å². The van der Waals surface area contributed by atoms with E-state index in [0.29, 0.717) is 17.5 Å². The molecule has 5 nitrogen and oxygen atoms in total. The monoisotopic (exact) mass is 718 g/mol. The third-order valence-corrected chi connectivity index (χ3v) is 10.4. The summed E-state index contributed by atoms with van der Waals surface area (Å²) in [6, 6.07) is 57.0. The Balaban J connectivity index is 1.15. The maximum absolute atomic E-state index is 6.53. The Labute approximate surface area is 323 Å². The van der Waals surface area contributed by atoms with Crippen LogP contribution in [0.4, 0.5) is 0 Å². The van der Waals surface area contributed by atoms with Crippen LogP contribution in [0.25, 0.3) is 100 Å². The van der Waals surface area contributed by atoms with Gasteiger partial charge in [0.05, 0.1) is 11.0 Å². The Hall–Kier alpha value is -7.63. The molecule has 3 heterocycles. The van der Waals surface area contributed by atoms with Crippen molar-refractivity contribution in [2.45, 2.75) is 0 Å². The second-order valence-electron chi connectivity index (χ2n) is 13.7. The Kier molecular flexibility index (Phi) is 8.04.